The third-order valence-corrected chi connectivity index (χ3v) is 4.37. The highest BCUT2D eigenvalue weighted by Gasteiger charge is 2.40. The van der Waals surface area contributed by atoms with Crippen molar-refractivity contribution in [2.24, 2.45) is 7.05 Å². The Bertz CT molecular complexity index is 503. The van der Waals surface area contributed by atoms with Crippen molar-refractivity contribution < 1.29 is 9.53 Å². The number of aryl methyl sites for hydroxylation is 1. The molecular formula is C14H23N5O2. The van der Waals surface area contributed by atoms with E-state index in [0.717, 1.165) is 38.5 Å². The molecule has 2 saturated heterocycles. The van der Waals surface area contributed by atoms with Crippen molar-refractivity contribution >= 4 is 6.03 Å². The van der Waals surface area contributed by atoms with E-state index in [4.69, 9.17) is 4.74 Å². The van der Waals surface area contributed by atoms with Gasteiger partial charge in [-0.15, -0.1) is 0 Å². The number of amides is 2. The van der Waals surface area contributed by atoms with E-state index in [9.17, 15) is 4.79 Å². The Morgan fingerprint density at radius 1 is 1.38 bits per heavy atom. The summed E-state index contributed by atoms with van der Waals surface area (Å²) in [5, 5.41) is 0. The molecule has 7 heteroatoms. The Balaban J connectivity index is 1.58. The lowest BCUT2D eigenvalue weighted by atomic mass is 10.2. The average molecular weight is 293 g/mol. The molecule has 2 aliphatic heterocycles. The Labute approximate surface area is 125 Å². The second-order valence-electron chi connectivity index (χ2n) is 5.76. The zero-order valence-electron chi connectivity index (χ0n) is 12.7. The number of imidazole rings is 1. The number of hydrogen-bond acceptors (Lipinski definition) is 4. The highest BCUT2D eigenvalue weighted by molar-refractivity contribution is 5.77. The summed E-state index contributed by atoms with van der Waals surface area (Å²) >= 11 is 0. The normalized spacial score (nSPS) is 23.0. The zero-order valence-corrected chi connectivity index (χ0v) is 12.7. The minimum Gasteiger partial charge on any atom is -0.383 e. The van der Waals surface area contributed by atoms with Gasteiger partial charge in [0.15, 0.2) is 0 Å². The van der Waals surface area contributed by atoms with E-state index < -0.39 is 0 Å². The van der Waals surface area contributed by atoms with Crippen LogP contribution in [0, 0.1) is 0 Å². The largest absolute Gasteiger partial charge is 0.383 e. The number of aromatic nitrogens is 2. The highest BCUT2D eigenvalue weighted by atomic mass is 16.5. The molecule has 0 radical (unpaired) electrons. The summed E-state index contributed by atoms with van der Waals surface area (Å²) in [7, 11) is 3.69. The minimum absolute atomic E-state index is 0.161. The zero-order chi connectivity index (χ0) is 14.8. The molecule has 1 unspecified atom stereocenters. The monoisotopic (exact) mass is 293 g/mol. The molecule has 2 fully saturated rings. The number of rotatable bonds is 5. The quantitative estimate of drug-likeness (QED) is 0.766. The molecule has 7 nitrogen and oxygen atoms in total. The van der Waals surface area contributed by atoms with Crippen LogP contribution in [0.1, 0.15) is 5.82 Å². The van der Waals surface area contributed by atoms with E-state index in [2.05, 4.69) is 14.5 Å². The van der Waals surface area contributed by atoms with E-state index in [1.807, 2.05) is 29.2 Å². The van der Waals surface area contributed by atoms with Crippen molar-refractivity contribution in [2.75, 3.05) is 46.4 Å². The van der Waals surface area contributed by atoms with Gasteiger partial charge in [-0.25, -0.2) is 9.78 Å². The van der Waals surface area contributed by atoms with E-state index in [0.29, 0.717) is 19.2 Å². The second kappa shape index (κ2) is 6.03. The highest BCUT2D eigenvalue weighted by Crippen LogP contribution is 2.21. The summed E-state index contributed by atoms with van der Waals surface area (Å²) in [6, 6.07) is 0.456. The van der Waals surface area contributed by atoms with Gasteiger partial charge in [-0.2, -0.15) is 0 Å². The molecule has 116 valence electrons. The van der Waals surface area contributed by atoms with Crippen LogP contribution in [0.2, 0.25) is 0 Å². The Morgan fingerprint density at radius 2 is 2.24 bits per heavy atom. The third-order valence-electron chi connectivity index (χ3n) is 4.37. The summed E-state index contributed by atoms with van der Waals surface area (Å²) < 4.78 is 7.13. The molecule has 1 aromatic heterocycles. The first-order valence-electron chi connectivity index (χ1n) is 7.42. The van der Waals surface area contributed by atoms with E-state index >= 15 is 0 Å². The molecule has 0 aliphatic carbocycles. The molecule has 0 bridgehead atoms. The van der Waals surface area contributed by atoms with Gasteiger partial charge < -0.3 is 19.1 Å². The van der Waals surface area contributed by atoms with Gasteiger partial charge in [-0.1, -0.05) is 0 Å². The van der Waals surface area contributed by atoms with E-state index in [1.54, 1.807) is 7.11 Å². The van der Waals surface area contributed by atoms with E-state index in [-0.39, 0.29) is 6.03 Å². The maximum absolute atomic E-state index is 12.3. The number of fused-ring (bicyclic) bond motifs is 1. The van der Waals surface area contributed by atoms with Crippen molar-refractivity contribution in [3.8, 4) is 0 Å². The molecule has 21 heavy (non-hydrogen) atoms. The Morgan fingerprint density at radius 3 is 2.95 bits per heavy atom. The average Bonchev–Trinajstić information content (AvgIpc) is 3.01. The van der Waals surface area contributed by atoms with Gasteiger partial charge >= 0.3 is 6.03 Å². The second-order valence-corrected chi connectivity index (χ2v) is 5.76. The number of piperazine rings is 1. The first kappa shape index (κ1) is 14.3. The van der Waals surface area contributed by atoms with Crippen LogP contribution in [0.4, 0.5) is 4.79 Å². The summed E-state index contributed by atoms with van der Waals surface area (Å²) in [5.74, 6) is 1.07. The summed E-state index contributed by atoms with van der Waals surface area (Å²) in [6.45, 7) is 5.57. The van der Waals surface area contributed by atoms with Crippen LogP contribution in [0.5, 0.6) is 0 Å². The Kier molecular flexibility index (Phi) is 4.12. The number of methoxy groups -OCH3 is 1. The van der Waals surface area contributed by atoms with Gasteiger partial charge in [-0.05, 0) is 0 Å². The van der Waals surface area contributed by atoms with Crippen LogP contribution in [-0.4, -0.2) is 82.8 Å². The van der Waals surface area contributed by atoms with Crippen LogP contribution in [0.25, 0.3) is 0 Å². The maximum Gasteiger partial charge on any atom is 0.320 e. The summed E-state index contributed by atoms with van der Waals surface area (Å²) in [5.41, 5.74) is 0. The number of hydrogen-bond donors (Lipinski definition) is 0. The van der Waals surface area contributed by atoms with Crippen molar-refractivity contribution in [3.63, 3.8) is 0 Å². The number of nitrogens with zero attached hydrogens (tertiary/aromatic N) is 5. The smallest absolute Gasteiger partial charge is 0.320 e. The molecule has 3 rings (SSSR count). The van der Waals surface area contributed by atoms with Crippen LogP contribution >= 0.6 is 0 Å². The molecule has 1 atom stereocenters. The van der Waals surface area contributed by atoms with Crippen molar-refractivity contribution in [3.05, 3.63) is 18.2 Å². The van der Waals surface area contributed by atoms with Gasteiger partial charge in [0.05, 0.1) is 19.2 Å². The van der Waals surface area contributed by atoms with E-state index in [1.165, 1.54) is 0 Å². The molecule has 0 aromatic carbocycles. The topological polar surface area (TPSA) is 53.8 Å². The first-order valence-corrected chi connectivity index (χ1v) is 7.42. The first-order chi connectivity index (χ1) is 10.2. The number of carbonyl (C=O) groups excluding carboxylic acids is 1. The number of ether oxygens (including phenoxy) is 1. The van der Waals surface area contributed by atoms with Gasteiger partial charge in [0.25, 0.3) is 0 Å². The van der Waals surface area contributed by atoms with Crippen molar-refractivity contribution in [1.29, 1.82) is 0 Å². The van der Waals surface area contributed by atoms with Crippen LogP contribution in [0.3, 0.4) is 0 Å². The molecule has 0 N–H and O–H groups in total. The molecule has 2 amide bonds. The van der Waals surface area contributed by atoms with Gasteiger partial charge in [0.2, 0.25) is 0 Å². The maximum atomic E-state index is 12.3. The minimum atomic E-state index is 0.161. The molecule has 3 heterocycles. The predicted molar refractivity (Wildman–Crippen MR) is 77.8 cm³/mol. The Hall–Kier alpha value is -1.60. The lowest BCUT2D eigenvalue weighted by Gasteiger charge is -2.36. The fourth-order valence-corrected chi connectivity index (χ4v) is 3.12. The van der Waals surface area contributed by atoms with Crippen molar-refractivity contribution in [1.82, 2.24) is 24.3 Å². The lowest BCUT2D eigenvalue weighted by molar-refractivity contribution is 0.113. The lowest BCUT2D eigenvalue weighted by Crippen LogP contribution is -2.51. The molecule has 2 aliphatic rings. The van der Waals surface area contributed by atoms with Crippen LogP contribution in [0.15, 0.2) is 12.4 Å². The standard InChI is InChI=1S/C14H23N5O2/c1-16-4-3-15-13(16)11-17-5-6-19-12(9-17)10-18(14(19)20)7-8-21-2/h3-4,12H,5-11H2,1-2H3. The third kappa shape index (κ3) is 2.89. The van der Waals surface area contributed by atoms with Crippen LogP contribution < -0.4 is 0 Å². The van der Waals surface area contributed by atoms with Crippen LogP contribution in [-0.2, 0) is 18.3 Å². The summed E-state index contributed by atoms with van der Waals surface area (Å²) in [4.78, 5) is 23.0. The number of urea groups is 1. The predicted octanol–water partition coefficient (Wildman–Crippen LogP) is -0.0117. The SMILES string of the molecule is COCCN1CC2CN(Cc3nccn3C)CCN2C1=O. The van der Waals surface area contributed by atoms with Gasteiger partial charge in [0, 0.05) is 59.3 Å². The fourth-order valence-electron chi connectivity index (χ4n) is 3.12. The molecule has 0 saturated carbocycles. The molecule has 1 aromatic rings. The van der Waals surface area contributed by atoms with Gasteiger partial charge in [-0.3, -0.25) is 4.90 Å². The summed E-state index contributed by atoms with van der Waals surface area (Å²) in [6.07, 6.45) is 3.80. The molecular weight excluding hydrogens is 270 g/mol. The van der Waals surface area contributed by atoms with Crippen molar-refractivity contribution in [2.45, 2.75) is 12.6 Å². The molecule has 0 spiro atoms. The fraction of sp³-hybridized carbons (Fsp3) is 0.714. The van der Waals surface area contributed by atoms with Gasteiger partial charge in [0.1, 0.15) is 5.82 Å². The number of carbonyl (C=O) groups is 1.